The van der Waals surface area contributed by atoms with Crippen molar-refractivity contribution in [1.29, 1.82) is 0 Å². The second-order valence-electron chi connectivity index (χ2n) is 7.95. The van der Waals surface area contributed by atoms with Gasteiger partial charge in [0.2, 0.25) is 11.8 Å². The maximum absolute atomic E-state index is 13.3. The number of alkyl halides is 3. The molecule has 1 spiro atoms. The lowest BCUT2D eigenvalue weighted by atomic mass is 9.77. The monoisotopic (exact) mass is 429 g/mol. The summed E-state index contributed by atoms with van der Waals surface area (Å²) in [6.07, 6.45) is 1.71. The molecule has 9 heteroatoms. The van der Waals surface area contributed by atoms with Gasteiger partial charge in [0, 0.05) is 24.6 Å². The van der Waals surface area contributed by atoms with Crippen LogP contribution in [0.2, 0.25) is 0 Å². The van der Waals surface area contributed by atoms with Gasteiger partial charge in [-0.2, -0.15) is 13.2 Å². The van der Waals surface area contributed by atoms with Crippen molar-refractivity contribution in [2.45, 2.75) is 24.4 Å². The Morgan fingerprint density at radius 2 is 2.03 bits per heavy atom. The molecular weight excluding hydrogens is 411 g/mol. The minimum atomic E-state index is -4.52. The third kappa shape index (κ3) is 3.20. The molecule has 1 aromatic carbocycles. The van der Waals surface area contributed by atoms with Gasteiger partial charge in [0.1, 0.15) is 5.60 Å². The number of carbonyl (C=O) groups is 2. The molecule has 6 nitrogen and oxygen atoms in total. The Morgan fingerprint density at radius 3 is 2.77 bits per heavy atom. The van der Waals surface area contributed by atoms with Crippen molar-refractivity contribution in [3.8, 4) is 0 Å². The zero-order valence-electron chi connectivity index (χ0n) is 16.2. The van der Waals surface area contributed by atoms with E-state index < -0.39 is 41.2 Å². The summed E-state index contributed by atoms with van der Waals surface area (Å²) in [5, 5.41) is 2.84. The fourth-order valence-corrected chi connectivity index (χ4v) is 4.67. The van der Waals surface area contributed by atoms with Gasteiger partial charge in [0.25, 0.3) is 0 Å². The van der Waals surface area contributed by atoms with Crippen LogP contribution in [0.1, 0.15) is 11.1 Å². The lowest BCUT2D eigenvalue weighted by molar-refractivity contribution is -0.137. The summed E-state index contributed by atoms with van der Waals surface area (Å²) in [4.78, 5) is 31.4. The van der Waals surface area contributed by atoms with Crippen LogP contribution in [0.5, 0.6) is 0 Å². The van der Waals surface area contributed by atoms with Crippen molar-refractivity contribution in [2.24, 2.45) is 11.8 Å². The average Bonchev–Trinajstić information content (AvgIpc) is 3.40. The maximum Gasteiger partial charge on any atom is 0.416 e. The lowest BCUT2D eigenvalue weighted by Crippen LogP contribution is -2.44. The van der Waals surface area contributed by atoms with Crippen LogP contribution in [0.4, 0.5) is 18.9 Å². The van der Waals surface area contributed by atoms with Gasteiger partial charge in [-0.15, -0.1) is 0 Å². The van der Waals surface area contributed by atoms with Crippen molar-refractivity contribution in [3.05, 3.63) is 72.1 Å². The molecular formula is C22H18F3N3O3. The van der Waals surface area contributed by atoms with E-state index in [0.29, 0.717) is 0 Å². The lowest BCUT2D eigenvalue weighted by Gasteiger charge is -2.23. The van der Waals surface area contributed by atoms with Gasteiger partial charge >= 0.3 is 6.18 Å². The molecule has 31 heavy (non-hydrogen) atoms. The maximum atomic E-state index is 13.3. The summed E-state index contributed by atoms with van der Waals surface area (Å²) in [6.45, 7) is 0.346. The number of hydrogen-bond donors (Lipinski definition) is 1. The summed E-state index contributed by atoms with van der Waals surface area (Å²) < 4.78 is 45.4. The van der Waals surface area contributed by atoms with Gasteiger partial charge in [-0.25, -0.2) is 0 Å². The molecule has 2 aromatic rings. The van der Waals surface area contributed by atoms with E-state index in [1.807, 2.05) is 0 Å². The molecule has 160 valence electrons. The number of aromatic nitrogens is 1. The summed E-state index contributed by atoms with van der Waals surface area (Å²) in [5.41, 5.74) is -0.838. The number of pyridine rings is 1. The number of fused-ring (bicyclic) bond motifs is 1. The topological polar surface area (TPSA) is 71.5 Å². The van der Waals surface area contributed by atoms with Crippen molar-refractivity contribution in [3.63, 3.8) is 0 Å². The highest BCUT2D eigenvalue weighted by atomic mass is 19.4. The van der Waals surface area contributed by atoms with Crippen molar-refractivity contribution in [2.75, 3.05) is 11.4 Å². The van der Waals surface area contributed by atoms with Crippen LogP contribution in [-0.2, 0) is 27.0 Å². The molecule has 3 aliphatic rings. The molecule has 1 aromatic heterocycles. The average molecular weight is 429 g/mol. The molecule has 2 unspecified atom stereocenters. The van der Waals surface area contributed by atoms with Gasteiger partial charge in [-0.05, 0) is 35.9 Å². The highest BCUT2D eigenvalue weighted by molar-refractivity contribution is 6.03. The fourth-order valence-electron chi connectivity index (χ4n) is 4.67. The number of halogens is 3. The second kappa shape index (κ2) is 6.91. The van der Waals surface area contributed by atoms with Gasteiger partial charge in [-0.1, -0.05) is 18.2 Å². The highest BCUT2D eigenvalue weighted by Gasteiger charge is 2.67. The molecule has 2 saturated heterocycles. The van der Waals surface area contributed by atoms with Crippen LogP contribution >= 0.6 is 0 Å². The summed E-state index contributed by atoms with van der Waals surface area (Å²) in [5.74, 6) is -2.25. The van der Waals surface area contributed by atoms with E-state index in [-0.39, 0.29) is 24.7 Å². The molecule has 2 bridgehead atoms. The quantitative estimate of drug-likeness (QED) is 0.759. The summed E-state index contributed by atoms with van der Waals surface area (Å²) in [7, 11) is 0. The Morgan fingerprint density at radius 1 is 1.26 bits per heavy atom. The minimum absolute atomic E-state index is 0.0684. The highest BCUT2D eigenvalue weighted by Crippen LogP contribution is 2.52. The number of hydrogen-bond acceptors (Lipinski definition) is 4. The summed E-state index contributed by atoms with van der Waals surface area (Å²) >= 11 is 0. The molecule has 3 aliphatic heterocycles. The number of ether oxygens (including phenoxy) is 1. The van der Waals surface area contributed by atoms with Gasteiger partial charge < -0.3 is 15.0 Å². The van der Waals surface area contributed by atoms with Crippen LogP contribution in [-0.4, -0.2) is 35.0 Å². The predicted molar refractivity (Wildman–Crippen MR) is 104 cm³/mol. The molecule has 5 rings (SSSR count). The number of nitrogens with one attached hydrogen (secondary N) is 1. The second-order valence-corrected chi connectivity index (χ2v) is 7.95. The first-order chi connectivity index (χ1) is 14.8. The van der Waals surface area contributed by atoms with Crippen LogP contribution < -0.4 is 10.2 Å². The standard InChI is InChI=1S/C22H18F3N3O3/c23-22(24,25)14-2-1-3-15(10-14)28-12-21-7-4-16(31-21)17(18(21)20(28)30)19(29)27-11-13-5-8-26-9-6-13/h1-10,16-18H,11-12H2,(H,27,29)/t16-,17?,18?,21-/m1/s1. The first-order valence-corrected chi connectivity index (χ1v) is 9.81. The van der Waals surface area contributed by atoms with Crippen LogP contribution in [0.25, 0.3) is 0 Å². The molecule has 2 amide bonds. The van der Waals surface area contributed by atoms with E-state index in [2.05, 4.69) is 10.3 Å². The Hall–Kier alpha value is -3.20. The van der Waals surface area contributed by atoms with E-state index in [4.69, 9.17) is 4.74 Å². The minimum Gasteiger partial charge on any atom is -0.360 e. The number of anilines is 1. The zero-order valence-corrected chi connectivity index (χ0v) is 16.2. The number of nitrogens with zero attached hydrogens (tertiary/aromatic N) is 2. The van der Waals surface area contributed by atoms with Crippen molar-refractivity contribution in [1.82, 2.24) is 10.3 Å². The van der Waals surface area contributed by atoms with Gasteiger partial charge in [0.15, 0.2) is 0 Å². The van der Waals surface area contributed by atoms with E-state index in [1.54, 1.807) is 36.7 Å². The molecule has 1 N–H and O–H groups in total. The SMILES string of the molecule is O=C(NCc1ccncc1)C1C2C(=O)N(c3cccc(C(F)(F)F)c3)C[C@]23C=C[C@H]1O3. The predicted octanol–water partition coefficient (Wildman–Crippen LogP) is 2.70. The normalized spacial score (nSPS) is 28.8. The van der Waals surface area contributed by atoms with Crippen LogP contribution in [0.3, 0.4) is 0 Å². The van der Waals surface area contributed by atoms with E-state index in [9.17, 15) is 22.8 Å². The molecule has 4 heterocycles. The van der Waals surface area contributed by atoms with Gasteiger partial charge in [-0.3, -0.25) is 14.6 Å². The largest absolute Gasteiger partial charge is 0.416 e. The van der Waals surface area contributed by atoms with Crippen molar-refractivity contribution >= 4 is 17.5 Å². The van der Waals surface area contributed by atoms with E-state index in [1.165, 1.54) is 17.0 Å². The first-order valence-electron chi connectivity index (χ1n) is 9.81. The fraction of sp³-hybridized carbons (Fsp3) is 0.318. The third-order valence-electron chi connectivity index (χ3n) is 6.10. The molecule has 0 radical (unpaired) electrons. The Bertz CT molecular complexity index is 1070. The molecule has 0 aliphatic carbocycles. The summed E-state index contributed by atoms with van der Waals surface area (Å²) in [6, 6.07) is 8.18. The van der Waals surface area contributed by atoms with Crippen LogP contribution in [0, 0.1) is 11.8 Å². The number of benzene rings is 1. The number of rotatable bonds is 4. The smallest absolute Gasteiger partial charge is 0.360 e. The Labute approximate surface area is 175 Å². The first kappa shape index (κ1) is 19.7. The number of carbonyl (C=O) groups excluding carboxylic acids is 2. The van der Waals surface area contributed by atoms with Gasteiger partial charge in [0.05, 0.1) is 30.0 Å². The Balaban J connectivity index is 1.39. The van der Waals surface area contributed by atoms with Crippen molar-refractivity contribution < 1.29 is 27.5 Å². The molecule has 2 fully saturated rings. The third-order valence-corrected chi connectivity index (χ3v) is 6.10. The van der Waals surface area contributed by atoms with E-state index >= 15 is 0 Å². The van der Waals surface area contributed by atoms with Crippen LogP contribution in [0.15, 0.2) is 60.9 Å². The number of amides is 2. The van der Waals surface area contributed by atoms with E-state index in [0.717, 1.165) is 17.7 Å². The zero-order chi connectivity index (χ0) is 21.8. The molecule has 0 saturated carbocycles. The Kier molecular flexibility index (Phi) is 4.40. The molecule has 4 atom stereocenters.